The lowest BCUT2D eigenvalue weighted by Crippen LogP contribution is -2.07. The van der Waals surface area contributed by atoms with Crippen molar-refractivity contribution in [3.63, 3.8) is 0 Å². The second-order valence-corrected chi connectivity index (χ2v) is 5.12. The van der Waals surface area contributed by atoms with Crippen molar-refractivity contribution in [2.24, 2.45) is 5.73 Å². The molecule has 1 amide bonds. The number of anilines is 1. The van der Waals surface area contributed by atoms with Crippen LogP contribution in [0.5, 0.6) is 0 Å². The van der Waals surface area contributed by atoms with Crippen LogP contribution in [0.1, 0.15) is 11.1 Å². The summed E-state index contributed by atoms with van der Waals surface area (Å²) in [5.74, 6) is -0.271. The van der Waals surface area contributed by atoms with Gasteiger partial charge in [-0.1, -0.05) is 6.07 Å². The van der Waals surface area contributed by atoms with Crippen molar-refractivity contribution >= 4 is 42.1 Å². The quantitative estimate of drug-likeness (QED) is 0.387. The zero-order chi connectivity index (χ0) is 16.7. The largest absolute Gasteiger partial charge is 0.404 e. The molecule has 1 aromatic heterocycles. The summed E-state index contributed by atoms with van der Waals surface area (Å²) in [6.07, 6.45) is 8.76. The normalized spacial score (nSPS) is 11.4. The van der Waals surface area contributed by atoms with E-state index in [1.807, 2.05) is 12.1 Å². The van der Waals surface area contributed by atoms with Gasteiger partial charge in [0.15, 0.2) is 0 Å². The molecule has 6 heteroatoms. The van der Waals surface area contributed by atoms with Crippen molar-refractivity contribution in [1.29, 1.82) is 5.41 Å². The van der Waals surface area contributed by atoms with E-state index < -0.39 is 0 Å². The number of hydrogen-bond donors (Lipinski definition) is 4. The molecule has 0 radical (unpaired) electrons. The molecular formula is C17H16N4OS. The van der Waals surface area contributed by atoms with Gasteiger partial charge < -0.3 is 16.5 Å². The van der Waals surface area contributed by atoms with Gasteiger partial charge in [-0.2, -0.15) is 0 Å². The molecule has 2 rings (SSSR count). The molecule has 2 aromatic rings. The minimum absolute atomic E-state index is 0.271. The number of nitrogens with two attached hydrogens (primary N) is 1. The molecule has 4 N–H and O–H groups in total. The van der Waals surface area contributed by atoms with Crippen LogP contribution >= 0.6 is 12.6 Å². The third kappa shape index (κ3) is 4.55. The number of aromatic nitrogens is 1. The minimum Gasteiger partial charge on any atom is -0.404 e. The molecule has 0 saturated heterocycles. The van der Waals surface area contributed by atoms with Crippen LogP contribution in [0.2, 0.25) is 0 Å². The zero-order valence-corrected chi connectivity index (χ0v) is 13.1. The van der Waals surface area contributed by atoms with Crippen LogP contribution in [0, 0.1) is 5.41 Å². The highest BCUT2D eigenvalue weighted by atomic mass is 32.1. The van der Waals surface area contributed by atoms with Gasteiger partial charge >= 0.3 is 0 Å². The number of rotatable bonds is 5. The molecular weight excluding hydrogens is 308 g/mol. The van der Waals surface area contributed by atoms with Crippen molar-refractivity contribution in [2.45, 2.75) is 4.90 Å². The molecule has 0 fully saturated rings. The molecule has 0 spiro atoms. The Morgan fingerprint density at radius 1 is 1.35 bits per heavy atom. The summed E-state index contributed by atoms with van der Waals surface area (Å²) < 4.78 is 0. The Balaban J connectivity index is 2.17. The molecule has 23 heavy (non-hydrogen) atoms. The van der Waals surface area contributed by atoms with Gasteiger partial charge in [0.1, 0.15) is 0 Å². The Kier molecular flexibility index (Phi) is 5.71. The predicted molar refractivity (Wildman–Crippen MR) is 96.5 cm³/mol. The smallest absolute Gasteiger partial charge is 0.248 e. The van der Waals surface area contributed by atoms with Gasteiger partial charge in [-0.25, -0.2) is 0 Å². The number of carbonyl (C=O) groups excluding carboxylic acids is 1. The maximum atomic E-state index is 12.0. The monoisotopic (exact) mass is 324 g/mol. The highest BCUT2D eigenvalue weighted by molar-refractivity contribution is 7.80. The summed E-state index contributed by atoms with van der Waals surface area (Å²) in [7, 11) is 0. The summed E-state index contributed by atoms with van der Waals surface area (Å²) in [6, 6.07) is 8.92. The lowest BCUT2D eigenvalue weighted by Gasteiger charge is -2.05. The zero-order valence-electron chi connectivity index (χ0n) is 12.2. The van der Waals surface area contributed by atoms with Crippen LogP contribution < -0.4 is 11.1 Å². The fourth-order valence-corrected chi connectivity index (χ4v) is 2.18. The van der Waals surface area contributed by atoms with Crippen LogP contribution in [0.25, 0.3) is 11.6 Å². The third-order valence-corrected chi connectivity index (χ3v) is 3.30. The second-order valence-electron chi connectivity index (χ2n) is 4.60. The molecule has 0 atom stereocenters. The van der Waals surface area contributed by atoms with Gasteiger partial charge in [0, 0.05) is 52.6 Å². The first-order chi connectivity index (χ1) is 11.1. The van der Waals surface area contributed by atoms with E-state index >= 15 is 0 Å². The van der Waals surface area contributed by atoms with E-state index in [0.717, 1.165) is 16.7 Å². The van der Waals surface area contributed by atoms with Crippen LogP contribution in [-0.4, -0.2) is 17.1 Å². The average Bonchev–Trinajstić information content (AvgIpc) is 2.55. The van der Waals surface area contributed by atoms with Crippen molar-refractivity contribution in [2.75, 3.05) is 5.32 Å². The molecule has 0 aliphatic heterocycles. The molecule has 0 aliphatic carbocycles. The molecule has 5 nitrogen and oxygen atoms in total. The van der Waals surface area contributed by atoms with E-state index in [1.165, 1.54) is 12.3 Å². The van der Waals surface area contributed by atoms with Crippen LogP contribution in [-0.2, 0) is 4.79 Å². The molecule has 0 bridgehead atoms. The first kappa shape index (κ1) is 16.5. The summed E-state index contributed by atoms with van der Waals surface area (Å²) >= 11 is 4.23. The van der Waals surface area contributed by atoms with Gasteiger partial charge in [-0.15, -0.1) is 12.6 Å². The Morgan fingerprint density at radius 3 is 2.87 bits per heavy atom. The molecule has 1 heterocycles. The van der Waals surface area contributed by atoms with Crippen molar-refractivity contribution < 1.29 is 4.79 Å². The number of benzene rings is 1. The van der Waals surface area contributed by atoms with Crippen molar-refractivity contribution in [3.8, 4) is 0 Å². The first-order valence-corrected chi connectivity index (χ1v) is 7.23. The SMILES string of the molecule is N=C/C(=C\N)c1ccncc1/C=C/C(=O)Nc1cccc(S)c1. The molecule has 0 aliphatic rings. The predicted octanol–water partition coefficient (Wildman–Crippen LogP) is 2.97. The van der Waals surface area contributed by atoms with E-state index in [1.54, 1.807) is 36.7 Å². The van der Waals surface area contributed by atoms with E-state index in [9.17, 15) is 4.79 Å². The molecule has 116 valence electrons. The van der Waals surface area contributed by atoms with Gasteiger partial charge in [0.2, 0.25) is 5.91 Å². The number of allylic oxidation sites excluding steroid dienone is 1. The topological polar surface area (TPSA) is 91.9 Å². The fraction of sp³-hybridized carbons (Fsp3) is 0. The summed E-state index contributed by atoms with van der Waals surface area (Å²) in [4.78, 5) is 16.8. The van der Waals surface area contributed by atoms with Gasteiger partial charge in [0.25, 0.3) is 0 Å². The summed E-state index contributed by atoms with van der Waals surface area (Å²) in [6.45, 7) is 0. The standard InChI is InChI=1S/C17H16N4OS/c18-9-13(10-19)16-6-7-20-11-12(16)4-5-17(22)21-14-2-1-3-15(23)8-14/h1-11,18,23H,19H2,(H,21,22)/b5-4+,13-10+,18-9?. The molecule has 0 unspecified atom stereocenters. The summed E-state index contributed by atoms with van der Waals surface area (Å²) in [5.41, 5.74) is 8.17. The van der Waals surface area contributed by atoms with Crippen molar-refractivity contribution in [3.05, 3.63) is 66.1 Å². The third-order valence-electron chi connectivity index (χ3n) is 3.03. The van der Waals surface area contributed by atoms with Crippen LogP contribution in [0.4, 0.5) is 5.69 Å². The Bertz CT molecular complexity index is 784. The number of thiol groups is 1. The number of pyridine rings is 1. The first-order valence-electron chi connectivity index (χ1n) is 6.79. The lowest BCUT2D eigenvalue weighted by atomic mass is 10.0. The van der Waals surface area contributed by atoms with E-state index in [-0.39, 0.29) is 5.91 Å². The average molecular weight is 324 g/mol. The van der Waals surface area contributed by atoms with Gasteiger partial charge in [-0.05, 0) is 35.9 Å². The van der Waals surface area contributed by atoms with Gasteiger partial charge in [-0.3, -0.25) is 9.78 Å². The fourth-order valence-electron chi connectivity index (χ4n) is 1.95. The Labute approximate surface area is 139 Å². The number of nitrogens with zero attached hydrogens (tertiary/aromatic N) is 1. The van der Waals surface area contributed by atoms with E-state index in [2.05, 4.69) is 22.9 Å². The highest BCUT2D eigenvalue weighted by Gasteiger charge is 2.04. The number of hydrogen-bond acceptors (Lipinski definition) is 5. The van der Waals surface area contributed by atoms with Crippen molar-refractivity contribution in [1.82, 2.24) is 4.98 Å². The Hall–Kier alpha value is -2.86. The van der Waals surface area contributed by atoms with Crippen LogP contribution in [0.3, 0.4) is 0 Å². The molecule has 0 saturated carbocycles. The maximum absolute atomic E-state index is 12.0. The second kappa shape index (κ2) is 7.95. The highest BCUT2D eigenvalue weighted by Crippen LogP contribution is 2.18. The number of nitrogens with one attached hydrogen (secondary N) is 2. The minimum atomic E-state index is -0.271. The number of carbonyl (C=O) groups is 1. The van der Waals surface area contributed by atoms with E-state index in [0.29, 0.717) is 16.8 Å². The summed E-state index contributed by atoms with van der Waals surface area (Å²) in [5, 5.41) is 10.1. The van der Waals surface area contributed by atoms with Gasteiger partial charge in [0.05, 0.1) is 0 Å². The number of amides is 1. The maximum Gasteiger partial charge on any atom is 0.248 e. The molecule has 1 aromatic carbocycles. The Morgan fingerprint density at radius 2 is 2.17 bits per heavy atom. The lowest BCUT2D eigenvalue weighted by molar-refractivity contribution is -0.111. The van der Waals surface area contributed by atoms with E-state index in [4.69, 9.17) is 11.1 Å². The van der Waals surface area contributed by atoms with Crippen LogP contribution in [0.15, 0.2) is 59.9 Å².